The number of rotatable bonds is 4. The Morgan fingerprint density at radius 3 is 2.56 bits per heavy atom. The van der Waals surface area contributed by atoms with Crippen LogP contribution in [0.5, 0.6) is 5.75 Å². The van der Waals surface area contributed by atoms with Crippen LogP contribution in [-0.4, -0.2) is 15.4 Å². The topological polar surface area (TPSA) is 9.23 Å². The first kappa shape index (κ1) is 13.7. The van der Waals surface area contributed by atoms with Crippen LogP contribution < -0.4 is 4.74 Å². The molecule has 0 heterocycles. The molecule has 1 nitrogen and oxygen atoms in total. The summed E-state index contributed by atoms with van der Waals surface area (Å²) in [5, 5.41) is 0.175. The monoisotopic (exact) mass is 304 g/mol. The Labute approximate surface area is 107 Å². The van der Waals surface area contributed by atoms with Crippen molar-refractivity contribution < 1.29 is 9.13 Å². The van der Waals surface area contributed by atoms with E-state index in [9.17, 15) is 4.39 Å². The molecule has 0 bridgehead atoms. The summed E-state index contributed by atoms with van der Waals surface area (Å²) in [7, 11) is -0.808. The Morgan fingerprint density at radius 1 is 1.38 bits per heavy atom. The van der Waals surface area contributed by atoms with Crippen molar-refractivity contribution in [2.45, 2.75) is 32.0 Å². The van der Waals surface area contributed by atoms with Crippen LogP contribution >= 0.6 is 15.9 Å². The minimum atomic E-state index is -0.808. The van der Waals surface area contributed by atoms with Gasteiger partial charge in [0.25, 0.3) is 0 Å². The fraction of sp³-hybridized carbons (Fsp3) is 0.500. The second kappa shape index (κ2) is 5.32. The van der Waals surface area contributed by atoms with Gasteiger partial charge in [-0.2, -0.15) is 0 Å². The molecule has 1 aromatic rings. The quantitative estimate of drug-likeness (QED) is 0.756. The maximum atomic E-state index is 13.6. The SMILES string of the molecule is C[SiH](C)C(C)(C)COc1cccc(Br)c1F. The van der Waals surface area contributed by atoms with E-state index in [1.165, 1.54) is 0 Å². The van der Waals surface area contributed by atoms with Gasteiger partial charge >= 0.3 is 0 Å². The van der Waals surface area contributed by atoms with E-state index < -0.39 is 8.80 Å². The number of halogens is 2. The predicted octanol–water partition coefficient (Wildman–Crippen LogP) is 4.23. The van der Waals surface area contributed by atoms with Gasteiger partial charge in [-0.05, 0) is 33.1 Å². The number of benzene rings is 1. The van der Waals surface area contributed by atoms with Gasteiger partial charge < -0.3 is 4.74 Å². The average Bonchev–Trinajstić information content (AvgIpc) is 2.20. The van der Waals surface area contributed by atoms with Crippen LogP contribution in [0, 0.1) is 5.82 Å². The van der Waals surface area contributed by atoms with Crippen molar-refractivity contribution in [3.05, 3.63) is 28.5 Å². The molecule has 1 aromatic carbocycles. The van der Waals surface area contributed by atoms with Gasteiger partial charge in [-0.25, -0.2) is 4.39 Å². The molecular weight excluding hydrogens is 287 g/mol. The predicted molar refractivity (Wildman–Crippen MR) is 72.5 cm³/mol. The van der Waals surface area contributed by atoms with Gasteiger partial charge in [-0.15, -0.1) is 0 Å². The Balaban J connectivity index is 2.72. The maximum Gasteiger partial charge on any atom is 0.179 e. The van der Waals surface area contributed by atoms with Gasteiger partial charge in [0.15, 0.2) is 11.6 Å². The lowest BCUT2D eigenvalue weighted by Crippen LogP contribution is -2.27. The van der Waals surface area contributed by atoms with Crippen LogP contribution in [-0.2, 0) is 0 Å². The van der Waals surface area contributed by atoms with Crippen molar-refractivity contribution >= 4 is 24.7 Å². The molecule has 0 aliphatic carbocycles. The summed E-state index contributed by atoms with van der Waals surface area (Å²) < 4.78 is 19.6. The molecule has 0 N–H and O–H groups in total. The Kier molecular flexibility index (Phi) is 4.56. The first-order chi connectivity index (χ1) is 7.34. The van der Waals surface area contributed by atoms with Gasteiger partial charge in [0.2, 0.25) is 0 Å². The lowest BCUT2D eigenvalue weighted by Gasteiger charge is -2.28. The van der Waals surface area contributed by atoms with Gasteiger partial charge in [0.05, 0.1) is 11.1 Å². The molecule has 4 heteroatoms. The van der Waals surface area contributed by atoms with Crippen molar-refractivity contribution in [1.29, 1.82) is 0 Å². The van der Waals surface area contributed by atoms with E-state index in [0.717, 1.165) is 0 Å². The van der Waals surface area contributed by atoms with Gasteiger partial charge in [0.1, 0.15) is 0 Å². The van der Waals surface area contributed by atoms with Crippen molar-refractivity contribution in [3.63, 3.8) is 0 Å². The van der Waals surface area contributed by atoms with Crippen LogP contribution in [0.1, 0.15) is 13.8 Å². The van der Waals surface area contributed by atoms with E-state index >= 15 is 0 Å². The summed E-state index contributed by atoms with van der Waals surface area (Å²) >= 11 is 3.15. The highest BCUT2D eigenvalue weighted by molar-refractivity contribution is 9.10. The van der Waals surface area contributed by atoms with Crippen LogP contribution in [0.3, 0.4) is 0 Å². The standard InChI is InChI=1S/C12H18BrFOSi/c1-12(2,16(3)4)8-15-10-7-5-6-9(13)11(10)14/h5-7,16H,8H2,1-4H3. The molecule has 0 fully saturated rings. The number of hydrogen-bond donors (Lipinski definition) is 0. The summed E-state index contributed by atoms with van der Waals surface area (Å²) in [6.07, 6.45) is 0. The molecule has 1 rings (SSSR count). The fourth-order valence-electron chi connectivity index (χ4n) is 1.03. The molecule has 90 valence electrons. The van der Waals surface area contributed by atoms with Crippen LogP contribution in [0.25, 0.3) is 0 Å². The minimum absolute atomic E-state index is 0.175. The van der Waals surface area contributed by atoms with E-state index in [1.54, 1.807) is 18.2 Å². The Hall–Kier alpha value is -0.353. The summed E-state index contributed by atoms with van der Waals surface area (Å²) in [6.45, 7) is 9.49. The lowest BCUT2D eigenvalue weighted by molar-refractivity contribution is 0.264. The third-order valence-electron chi connectivity index (χ3n) is 3.08. The summed E-state index contributed by atoms with van der Waals surface area (Å²) in [5.74, 6) is 0.0147. The van der Waals surface area contributed by atoms with Crippen molar-refractivity contribution in [1.82, 2.24) is 0 Å². The van der Waals surface area contributed by atoms with E-state index in [2.05, 4.69) is 42.9 Å². The summed E-state index contributed by atoms with van der Waals surface area (Å²) in [4.78, 5) is 0. The molecule has 0 atom stereocenters. The zero-order valence-electron chi connectivity index (χ0n) is 10.2. The zero-order chi connectivity index (χ0) is 12.3. The molecule has 0 amide bonds. The largest absolute Gasteiger partial charge is 0.490 e. The first-order valence-corrected chi connectivity index (χ1v) is 9.09. The van der Waals surface area contributed by atoms with Crippen molar-refractivity contribution in [2.24, 2.45) is 0 Å². The number of hydrogen-bond acceptors (Lipinski definition) is 1. The van der Waals surface area contributed by atoms with Crippen LogP contribution in [0.4, 0.5) is 4.39 Å². The molecule has 16 heavy (non-hydrogen) atoms. The highest BCUT2D eigenvalue weighted by Crippen LogP contribution is 2.31. The molecule has 0 saturated heterocycles. The molecule has 0 aromatic heterocycles. The molecule has 0 spiro atoms. The second-order valence-electron chi connectivity index (χ2n) is 4.98. The first-order valence-electron chi connectivity index (χ1n) is 5.41. The molecule has 0 aliphatic heterocycles. The molecule has 0 aliphatic rings. The van der Waals surface area contributed by atoms with E-state index in [-0.39, 0.29) is 10.9 Å². The minimum Gasteiger partial charge on any atom is -0.490 e. The van der Waals surface area contributed by atoms with Gasteiger partial charge in [-0.1, -0.05) is 33.0 Å². The smallest absolute Gasteiger partial charge is 0.179 e. The van der Waals surface area contributed by atoms with E-state index in [1.807, 2.05) is 0 Å². The highest BCUT2D eigenvalue weighted by atomic mass is 79.9. The van der Waals surface area contributed by atoms with E-state index in [0.29, 0.717) is 16.8 Å². The van der Waals surface area contributed by atoms with Gasteiger partial charge in [0, 0.05) is 8.80 Å². The Bertz CT molecular complexity index is 366. The summed E-state index contributed by atoms with van der Waals surface area (Å²) in [5.41, 5.74) is 0. The number of ether oxygens (including phenoxy) is 1. The average molecular weight is 305 g/mol. The maximum absolute atomic E-state index is 13.6. The van der Waals surface area contributed by atoms with E-state index in [4.69, 9.17) is 4.74 Å². The molecule has 0 saturated carbocycles. The fourth-order valence-corrected chi connectivity index (χ4v) is 1.79. The normalized spacial score (nSPS) is 11.9. The van der Waals surface area contributed by atoms with Crippen molar-refractivity contribution in [2.75, 3.05) is 6.61 Å². The highest BCUT2D eigenvalue weighted by Gasteiger charge is 2.24. The third kappa shape index (κ3) is 3.32. The lowest BCUT2D eigenvalue weighted by atomic mass is 10.2. The summed E-state index contributed by atoms with van der Waals surface area (Å²) in [6, 6.07) is 5.12. The van der Waals surface area contributed by atoms with Crippen LogP contribution in [0.2, 0.25) is 18.1 Å². The second-order valence-corrected chi connectivity index (χ2v) is 9.71. The molecular formula is C12H18BrFOSi. The molecule has 0 radical (unpaired) electrons. The zero-order valence-corrected chi connectivity index (χ0v) is 12.9. The van der Waals surface area contributed by atoms with Crippen molar-refractivity contribution in [3.8, 4) is 5.75 Å². The van der Waals surface area contributed by atoms with Gasteiger partial charge in [-0.3, -0.25) is 0 Å². The Morgan fingerprint density at radius 2 is 2.00 bits per heavy atom. The molecule has 0 unspecified atom stereocenters. The third-order valence-corrected chi connectivity index (χ3v) is 6.98. The van der Waals surface area contributed by atoms with Crippen LogP contribution in [0.15, 0.2) is 22.7 Å².